The fourth-order valence-electron chi connectivity index (χ4n) is 3.29. The molecular formula is C20H19ClN2O4. The van der Waals surface area contributed by atoms with E-state index in [1.54, 1.807) is 47.4 Å². The number of benzene rings is 2. The van der Waals surface area contributed by atoms with Crippen LogP contribution < -0.4 is 14.4 Å². The number of amides is 3. The van der Waals surface area contributed by atoms with Crippen LogP contribution in [0, 0.1) is 0 Å². The maximum Gasteiger partial charge on any atom is 0.331 e. The smallest absolute Gasteiger partial charge is 0.331 e. The standard InChI is InChI=1S/C20H19ClN2O4/c21-15-5-7-16(8-6-15)23(20(25)22-10-2-1-3-11-22)19(24)14-4-9-17-18(12-14)27-13-26-17/h4-9,12H,1-3,10-11,13H2. The molecule has 2 aliphatic heterocycles. The Bertz CT molecular complexity index is 863. The molecule has 27 heavy (non-hydrogen) atoms. The molecule has 0 spiro atoms. The van der Waals surface area contributed by atoms with Gasteiger partial charge in [-0.05, 0) is 61.7 Å². The number of likely N-dealkylation sites (tertiary alicyclic amines) is 1. The van der Waals surface area contributed by atoms with Crippen molar-refractivity contribution >= 4 is 29.2 Å². The van der Waals surface area contributed by atoms with Crippen molar-refractivity contribution in [3.63, 3.8) is 0 Å². The minimum Gasteiger partial charge on any atom is -0.454 e. The highest BCUT2D eigenvalue weighted by atomic mass is 35.5. The van der Waals surface area contributed by atoms with Gasteiger partial charge in [0.25, 0.3) is 5.91 Å². The Morgan fingerprint density at radius 3 is 2.37 bits per heavy atom. The van der Waals surface area contributed by atoms with Crippen molar-refractivity contribution in [1.82, 2.24) is 4.90 Å². The Hall–Kier alpha value is -2.73. The van der Waals surface area contributed by atoms with E-state index in [1.165, 1.54) is 4.90 Å². The molecule has 1 saturated heterocycles. The van der Waals surface area contributed by atoms with Gasteiger partial charge < -0.3 is 14.4 Å². The molecule has 2 aromatic carbocycles. The fourth-order valence-corrected chi connectivity index (χ4v) is 3.42. The van der Waals surface area contributed by atoms with Gasteiger partial charge in [-0.25, -0.2) is 9.69 Å². The van der Waals surface area contributed by atoms with E-state index >= 15 is 0 Å². The van der Waals surface area contributed by atoms with Crippen molar-refractivity contribution in [2.45, 2.75) is 19.3 Å². The number of fused-ring (bicyclic) bond motifs is 1. The van der Waals surface area contributed by atoms with E-state index in [2.05, 4.69) is 0 Å². The van der Waals surface area contributed by atoms with Crippen LogP contribution in [0.4, 0.5) is 10.5 Å². The number of anilines is 1. The van der Waals surface area contributed by atoms with Gasteiger partial charge in [-0.15, -0.1) is 0 Å². The molecule has 2 aliphatic rings. The Labute approximate surface area is 162 Å². The molecule has 2 heterocycles. The summed E-state index contributed by atoms with van der Waals surface area (Å²) < 4.78 is 10.7. The van der Waals surface area contributed by atoms with Crippen LogP contribution in [0.3, 0.4) is 0 Å². The number of urea groups is 1. The van der Waals surface area contributed by atoms with E-state index in [0.717, 1.165) is 19.3 Å². The third kappa shape index (κ3) is 3.57. The Kier molecular flexibility index (Phi) is 4.90. The van der Waals surface area contributed by atoms with E-state index < -0.39 is 5.91 Å². The maximum absolute atomic E-state index is 13.3. The molecule has 3 amide bonds. The normalized spacial score (nSPS) is 15.5. The molecule has 1 fully saturated rings. The third-order valence-electron chi connectivity index (χ3n) is 4.73. The van der Waals surface area contributed by atoms with Crippen LogP contribution in [0.1, 0.15) is 29.6 Å². The van der Waals surface area contributed by atoms with Crippen LogP contribution in [-0.2, 0) is 0 Å². The van der Waals surface area contributed by atoms with Crippen LogP contribution >= 0.6 is 11.6 Å². The van der Waals surface area contributed by atoms with Crippen LogP contribution in [0.2, 0.25) is 5.02 Å². The van der Waals surface area contributed by atoms with Crippen LogP contribution in [-0.4, -0.2) is 36.7 Å². The summed E-state index contributed by atoms with van der Waals surface area (Å²) in [6, 6.07) is 11.3. The van der Waals surface area contributed by atoms with E-state index in [9.17, 15) is 9.59 Å². The number of hydrogen-bond acceptors (Lipinski definition) is 4. The number of imide groups is 1. The van der Waals surface area contributed by atoms with Crippen molar-refractivity contribution in [2.75, 3.05) is 24.8 Å². The van der Waals surface area contributed by atoms with Crippen LogP contribution in [0.15, 0.2) is 42.5 Å². The lowest BCUT2D eigenvalue weighted by atomic mass is 10.1. The topological polar surface area (TPSA) is 59.1 Å². The molecule has 0 radical (unpaired) electrons. The van der Waals surface area contributed by atoms with Gasteiger partial charge in [0, 0.05) is 23.7 Å². The van der Waals surface area contributed by atoms with Crippen LogP contribution in [0.25, 0.3) is 0 Å². The Morgan fingerprint density at radius 1 is 0.926 bits per heavy atom. The average Bonchev–Trinajstić information content (AvgIpc) is 3.18. The highest BCUT2D eigenvalue weighted by Crippen LogP contribution is 2.33. The van der Waals surface area contributed by atoms with Gasteiger partial charge in [-0.1, -0.05) is 11.6 Å². The van der Waals surface area contributed by atoms with Crippen molar-refractivity contribution in [3.05, 3.63) is 53.1 Å². The van der Waals surface area contributed by atoms with E-state index in [4.69, 9.17) is 21.1 Å². The summed E-state index contributed by atoms with van der Waals surface area (Å²) in [5, 5.41) is 0.541. The zero-order valence-electron chi connectivity index (χ0n) is 14.7. The zero-order valence-corrected chi connectivity index (χ0v) is 15.4. The lowest BCUT2D eigenvalue weighted by molar-refractivity contribution is 0.0983. The molecule has 0 aliphatic carbocycles. The lowest BCUT2D eigenvalue weighted by Gasteiger charge is -2.32. The summed E-state index contributed by atoms with van der Waals surface area (Å²) in [6.07, 6.45) is 2.98. The first-order chi connectivity index (χ1) is 13.1. The molecule has 7 heteroatoms. The Morgan fingerprint density at radius 2 is 1.63 bits per heavy atom. The monoisotopic (exact) mass is 386 g/mol. The average molecular weight is 387 g/mol. The second-order valence-electron chi connectivity index (χ2n) is 6.52. The molecule has 0 aromatic heterocycles. The van der Waals surface area contributed by atoms with Gasteiger partial charge in [-0.2, -0.15) is 0 Å². The summed E-state index contributed by atoms with van der Waals surface area (Å²) in [7, 11) is 0. The third-order valence-corrected chi connectivity index (χ3v) is 4.98. The van der Waals surface area contributed by atoms with Gasteiger partial charge in [-0.3, -0.25) is 4.79 Å². The number of halogens is 1. The summed E-state index contributed by atoms with van der Waals surface area (Å²) >= 11 is 5.98. The maximum atomic E-state index is 13.3. The lowest BCUT2D eigenvalue weighted by Crippen LogP contribution is -2.48. The minimum absolute atomic E-state index is 0.126. The van der Waals surface area contributed by atoms with E-state index in [-0.39, 0.29) is 12.8 Å². The van der Waals surface area contributed by atoms with Crippen molar-refractivity contribution in [1.29, 1.82) is 0 Å². The van der Waals surface area contributed by atoms with Crippen molar-refractivity contribution in [2.24, 2.45) is 0 Å². The molecule has 140 valence electrons. The second-order valence-corrected chi connectivity index (χ2v) is 6.95. The first-order valence-electron chi connectivity index (χ1n) is 8.92. The van der Waals surface area contributed by atoms with Gasteiger partial charge in [0.1, 0.15) is 0 Å². The molecule has 0 unspecified atom stereocenters. The molecule has 2 aromatic rings. The van der Waals surface area contributed by atoms with E-state index in [1.807, 2.05) is 0 Å². The largest absolute Gasteiger partial charge is 0.454 e. The quantitative estimate of drug-likeness (QED) is 0.771. The van der Waals surface area contributed by atoms with E-state index in [0.29, 0.717) is 40.9 Å². The Balaban J connectivity index is 1.69. The summed E-state index contributed by atoms with van der Waals surface area (Å²) in [5.41, 5.74) is 0.845. The van der Waals surface area contributed by atoms with Crippen molar-refractivity contribution in [3.8, 4) is 11.5 Å². The number of nitrogens with zero attached hydrogens (tertiary/aromatic N) is 2. The number of rotatable bonds is 2. The number of carbonyl (C=O) groups is 2. The SMILES string of the molecule is O=C(c1ccc2c(c1)OCO2)N(C(=O)N1CCCCC1)c1ccc(Cl)cc1. The summed E-state index contributed by atoms with van der Waals surface area (Å²) in [5.74, 6) is 0.681. The number of ether oxygens (including phenoxy) is 2. The highest BCUT2D eigenvalue weighted by molar-refractivity contribution is 6.30. The van der Waals surface area contributed by atoms with Crippen LogP contribution in [0.5, 0.6) is 11.5 Å². The number of hydrogen-bond donors (Lipinski definition) is 0. The number of carbonyl (C=O) groups excluding carboxylic acids is 2. The molecule has 0 N–H and O–H groups in total. The van der Waals surface area contributed by atoms with Gasteiger partial charge in [0.15, 0.2) is 11.5 Å². The highest BCUT2D eigenvalue weighted by Gasteiger charge is 2.30. The zero-order chi connectivity index (χ0) is 18.8. The minimum atomic E-state index is -0.411. The first kappa shape index (κ1) is 17.7. The molecule has 0 saturated carbocycles. The first-order valence-corrected chi connectivity index (χ1v) is 9.30. The fraction of sp³-hybridized carbons (Fsp3) is 0.300. The second kappa shape index (κ2) is 7.48. The van der Waals surface area contributed by atoms with Gasteiger partial charge in [0.2, 0.25) is 6.79 Å². The molecule has 0 atom stereocenters. The van der Waals surface area contributed by atoms with Gasteiger partial charge in [0.05, 0.1) is 5.69 Å². The molecular weight excluding hydrogens is 368 g/mol. The molecule has 6 nitrogen and oxygen atoms in total. The number of piperidine rings is 1. The van der Waals surface area contributed by atoms with Crippen molar-refractivity contribution < 1.29 is 19.1 Å². The molecule has 4 rings (SSSR count). The predicted octanol–water partition coefficient (Wildman–Crippen LogP) is 4.32. The summed E-state index contributed by atoms with van der Waals surface area (Å²) in [6.45, 7) is 1.43. The van der Waals surface area contributed by atoms with Gasteiger partial charge >= 0.3 is 6.03 Å². The molecule has 0 bridgehead atoms. The predicted molar refractivity (Wildman–Crippen MR) is 102 cm³/mol. The summed E-state index contributed by atoms with van der Waals surface area (Å²) in [4.78, 5) is 29.4.